The molecule has 0 fully saturated rings. The second kappa shape index (κ2) is 9.53. The predicted octanol–water partition coefficient (Wildman–Crippen LogP) is 1.65. The summed E-state index contributed by atoms with van der Waals surface area (Å²) < 4.78 is 18.3. The quantitative estimate of drug-likeness (QED) is 0.723. The maximum absolute atomic E-state index is 12.0. The summed E-state index contributed by atoms with van der Waals surface area (Å²) >= 11 is 0. The van der Waals surface area contributed by atoms with E-state index >= 15 is 0 Å². The largest absolute Gasteiger partial charge is 0.484 e. The lowest BCUT2D eigenvalue weighted by atomic mass is 10.1. The van der Waals surface area contributed by atoms with Gasteiger partial charge in [0.1, 0.15) is 5.75 Å². The summed E-state index contributed by atoms with van der Waals surface area (Å²) in [5, 5.41) is 7.60. The Morgan fingerprint density at radius 1 is 1.41 bits per heavy atom. The van der Waals surface area contributed by atoms with E-state index in [-0.39, 0.29) is 12.5 Å². The van der Waals surface area contributed by atoms with Crippen molar-refractivity contribution in [3.63, 3.8) is 0 Å². The number of aryl methyl sites for hydroxylation is 1. The maximum atomic E-state index is 12.0. The number of rotatable bonds is 9. The molecule has 7 heteroatoms. The number of carbonyl (C=O) groups is 1. The van der Waals surface area contributed by atoms with Crippen molar-refractivity contribution >= 4 is 5.91 Å². The highest BCUT2D eigenvalue weighted by atomic mass is 16.5. The van der Waals surface area contributed by atoms with E-state index in [9.17, 15) is 4.79 Å². The molecular weight excluding hydrogens is 346 g/mol. The minimum atomic E-state index is -0.138. The number of aromatic nitrogens is 2. The van der Waals surface area contributed by atoms with Gasteiger partial charge in [-0.05, 0) is 24.6 Å². The van der Waals surface area contributed by atoms with Gasteiger partial charge in [0.15, 0.2) is 6.61 Å². The molecule has 3 rings (SSSR count). The Hall–Kier alpha value is -2.38. The average molecular weight is 373 g/mol. The van der Waals surface area contributed by atoms with Crippen LogP contribution in [0.4, 0.5) is 0 Å². The van der Waals surface area contributed by atoms with Gasteiger partial charge >= 0.3 is 0 Å². The minimum absolute atomic E-state index is 0.00690. The van der Waals surface area contributed by atoms with Gasteiger partial charge in [0.05, 0.1) is 32.1 Å². The van der Waals surface area contributed by atoms with Crippen LogP contribution in [0.15, 0.2) is 24.3 Å². The number of methoxy groups -OCH3 is 1. The van der Waals surface area contributed by atoms with Gasteiger partial charge < -0.3 is 19.5 Å². The summed E-state index contributed by atoms with van der Waals surface area (Å²) in [4.78, 5) is 12.0. The van der Waals surface area contributed by atoms with E-state index in [1.165, 1.54) is 5.69 Å². The van der Waals surface area contributed by atoms with Crippen LogP contribution in [0, 0.1) is 6.92 Å². The van der Waals surface area contributed by atoms with Crippen molar-refractivity contribution in [3.05, 3.63) is 46.8 Å². The predicted molar refractivity (Wildman–Crippen MR) is 101 cm³/mol. The summed E-state index contributed by atoms with van der Waals surface area (Å²) in [6.07, 6.45) is 1.53. The fraction of sp³-hybridized carbons (Fsp3) is 0.500. The lowest BCUT2D eigenvalue weighted by Crippen LogP contribution is -2.30. The number of hydrogen-bond donors (Lipinski definition) is 1. The first-order chi connectivity index (χ1) is 13.2. The highest BCUT2D eigenvalue weighted by molar-refractivity contribution is 5.77. The van der Waals surface area contributed by atoms with Crippen molar-refractivity contribution in [1.82, 2.24) is 15.1 Å². The van der Waals surface area contributed by atoms with Gasteiger partial charge in [-0.1, -0.05) is 12.1 Å². The molecule has 27 heavy (non-hydrogen) atoms. The van der Waals surface area contributed by atoms with E-state index in [0.29, 0.717) is 31.9 Å². The highest BCUT2D eigenvalue weighted by Gasteiger charge is 2.21. The molecule has 1 aliphatic rings. The summed E-state index contributed by atoms with van der Waals surface area (Å²) in [5.74, 6) is 0.564. The third-order valence-corrected chi connectivity index (χ3v) is 4.53. The van der Waals surface area contributed by atoms with E-state index in [4.69, 9.17) is 19.3 Å². The van der Waals surface area contributed by atoms with Crippen LogP contribution in [0.3, 0.4) is 0 Å². The van der Waals surface area contributed by atoms with Crippen molar-refractivity contribution < 1.29 is 19.0 Å². The van der Waals surface area contributed by atoms with Crippen molar-refractivity contribution in [1.29, 1.82) is 0 Å². The second-order valence-corrected chi connectivity index (χ2v) is 6.60. The standard InChI is InChI=1S/C20H27N3O4/c1-15-4-3-5-16(12-15)27-14-20(24)21-8-6-18-17-13-26-10-7-19(17)23(22-18)9-11-25-2/h3-5,12H,6-11,13-14H2,1-2H3,(H,21,24). The van der Waals surface area contributed by atoms with Crippen LogP contribution >= 0.6 is 0 Å². The molecular formula is C20H27N3O4. The Morgan fingerprint density at radius 3 is 3.11 bits per heavy atom. The summed E-state index contributed by atoms with van der Waals surface area (Å²) in [5.41, 5.74) is 4.47. The van der Waals surface area contributed by atoms with Crippen molar-refractivity contribution in [2.24, 2.45) is 0 Å². The first kappa shape index (κ1) is 19.4. The minimum Gasteiger partial charge on any atom is -0.484 e. The van der Waals surface area contributed by atoms with E-state index in [0.717, 1.165) is 36.4 Å². The second-order valence-electron chi connectivity index (χ2n) is 6.60. The molecule has 7 nitrogen and oxygen atoms in total. The summed E-state index contributed by atoms with van der Waals surface area (Å²) in [7, 11) is 1.69. The molecule has 1 aromatic heterocycles. The lowest BCUT2D eigenvalue weighted by molar-refractivity contribution is -0.123. The number of ether oxygens (including phenoxy) is 3. The number of fused-ring (bicyclic) bond motifs is 1. The van der Waals surface area contributed by atoms with Gasteiger partial charge in [-0.3, -0.25) is 9.48 Å². The molecule has 1 amide bonds. The third kappa shape index (κ3) is 5.30. The van der Waals surface area contributed by atoms with Gasteiger partial charge in [0.2, 0.25) is 0 Å². The first-order valence-electron chi connectivity index (χ1n) is 9.27. The van der Waals surface area contributed by atoms with Crippen LogP contribution in [0.2, 0.25) is 0 Å². The molecule has 2 heterocycles. The smallest absolute Gasteiger partial charge is 0.257 e. The molecule has 1 aliphatic heterocycles. The number of amides is 1. The van der Waals surface area contributed by atoms with Gasteiger partial charge in [-0.25, -0.2) is 0 Å². The zero-order chi connectivity index (χ0) is 19.1. The van der Waals surface area contributed by atoms with Gasteiger partial charge in [-0.15, -0.1) is 0 Å². The monoisotopic (exact) mass is 373 g/mol. The van der Waals surface area contributed by atoms with Crippen molar-refractivity contribution in [3.8, 4) is 5.75 Å². The van der Waals surface area contributed by atoms with Crippen LogP contribution in [-0.4, -0.2) is 49.2 Å². The number of hydrogen-bond acceptors (Lipinski definition) is 5. The molecule has 0 unspecified atom stereocenters. The Bertz CT molecular complexity index is 773. The summed E-state index contributed by atoms with van der Waals surface area (Å²) in [6, 6.07) is 7.65. The van der Waals surface area contributed by atoms with Gasteiger partial charge in [0, 0.05) is 37.8 Å². The fourth-order valence-electron chi connectivity index (χ4n) is 3.17. The van der Waals surface area contributed by atoms with E-state index in [1.807, 2.05) is 35.9 Å². The van der Waals surface area contributed by atoms with Gasteiger partial charge in [-0.2, -0.15) is 5.10 Å². The Balaban J connectivity index is 1.49. The topological polar surface area (TPSA) is 74.6 Å². The summed E-state index contributed by atoms with van der Waals surface area (Å²) in [6.45, 7) is 5.18. The molecule has 2 aromatic rings. The van der Waals surface area contributed by atoms with E-state index in [2.05, 4.69) is 5.32 Å². The molecule has 0 bridgehead atoms. The first-order valence-corrected chi connectivity index (χ1v) is 9.27. The van der Waals surface area contributed by atoms with Crippen LogP contribution in [0.5, 0.6) is 5.75 Å². The van der Waals surface area contributed by atoms with Crippen molar-refractivity contribution in [2.75, 3.05) is 33.5 Å². The molecule has 0 spiro atoms. The molecule has 146 valence electrons. The number of benzene rings is 1. The number of carbonyl (C=O) groups excluding carboxylic acids is 1. The Morgan fingerprint density at radius 2 is 2.30 bits per heavy atom. The Kier molecular flexibility index (Phi) is 6.84. The third-order valence-electron chi connectivity index (χ3n) is 4.53. The SMILES string of the molecule is COCCn1nc(CCNC(=O)COc2cccc(C)c2)c2c1CCOC2. The molecule has 1 aromatic carbocycles. The molecule has 0 radical (unpaired) electrons. The molecule has 0 saturated carbocycles. The van der Waals surface area contributed by atoms with Crippen LogP contribution < -0.4 is 10.1 Å². The van der Waals surface area contributed by atoms with E-state index < -0.39 is 0 Å². The molecule has 1 N–H and O–H groups in total. The molecule has 0 atom stereocenters. The zero-order valence-corrected chi connectivity index (χ0v) is 16.0. The normalized spacial score (nSPS) is 13.3. The van der Waals surface area contributed by atoms with Crippen LogP contribution in [0.1, 0.15) is 22.5 Å². The molecule has 0 aliphatic carbocycles. The van der Waals surface area contributed by atoms with Crippen molar-refractivity contribution in [2.45, 2.75) is 32.9 Å². The number of nitrogens with one attached hydrogen (secondary N) is 1. The zero-order valence-electron chi connectivity index (χ0n) is 16.0. The fourth-order valence-corrected chi connectivity index (χ4v) is 3.17. The lowest BCUT2D eigenvalue weighted by Gasteiger charge is -2.15. The average Bonchev–Trinajstić information content (AvgIpc) is 3.03. The number of nitrogens with zero attached hydrogens (tertiary/aromatic N) is 2. The molecule has 0 saturated heterocycles. The maximum Gasteiger partial charge on any atom is 0.257 e. The van der Waals surface area contributed by atoms with Gasteiger partial charge in [0.25, 0.3) is 5.91 Å². The highest BCUT2D eigenvalue weighted by Crippen LogP contribution is 2.21. The van der Waals surface area contributed by atoms with Crippen LogP contribution in [0.25, 0.3) is 0 Å². The Labute approximate surface area is 159 Å². The van der Waals surface area contributed by atoms with Crippen LogP contribution in [-0.2, 0) is 40.3 Å². The van der Waals surface area contributed by atoms with E-state index in [1.54, 1.807) is 7.11 Å².